The van der Waals surface area contributed by atoms with E-state index in [1.54, 1.807) is 19.1 Å². The van der Waals surface area contributed by atoms with Gasteiger partial charge in [-0.05, 0) is 19.1 Å². The first kappa shape index (κ1) is 12.6. The molecule has 1 heterocycles. The van der Waals surface area contributed by atoms with Crippen molar-refractivity contribution in [1.82, 2.24) is 0 Å². The minimum Gasteiger partial charge on any atom is -0.465 e. The molecule has 0 aliphatic carbocycles. The molecule has 90 valence electrons. The molecular formula is C11H9Cl2NO2S. The maximum Gasteiger partial charge on any atom is 0.346 e. The number of nitrogens with one attached hydrogen (secondary N) is 1. The predicted molar refractivity (Wildman–Crippen MR) is 70.7 cm³/mol. The molecule has 0 saturated heterocycles. The highest BCUT2D eigenvalue weighted by Crippen LogP contribution is 2.44. The highest BCUT2D eigenvalue weighted by atomic mass is 35.5. The van der Waals surface area contributed by atoms with Crippen LogP contribution in [-0.4, -0.2) is 13.1 Å². The van der Waals surface area contributed by atoms with Gasteiger partial charge in [0.25, 0.3) is 0 Å². The van der Waals surface area contributed by atoms with E-state index in [0.717, 1.165) is 16.3 Å². The van der Waals surface area contributed by atoms with E-state index >= 15 is 0 Å². The maximum atomic E-state index is 11.6. The fraction of sp³-hybridized carbons (Fsp3) is 0.182. The number of ether oxygens (including phenoxy) is 1. The second-order valence-corrected chi connectivity index (χ2v) is 5.33. The number of carbonyl (C=O) groups is 1. The van der Waals surface area contributed by atoms with Gasteiger partial charge in [-0.1, -0.05) is 35.0 Å². The molecule has 0 bridgehead atoms. The van der Waals surface area contributed by atoms with Crippen molar-refractivity contribution in [3.05, 3.63) is 32.8 Å². The minimum absolute atomic E-state index is 0.373. The monoisotopic (exact) mass is 289 g/mol. The van der Waals surface area contributed by atoms with Gasteiger partial charge in [0, 0.05) is 15.6 Å². The van der Waals surface area contributed by atoms with Crippen LogP contribution in [0, 0.1) is 0 Å². The Labute approximate surface area is 113 Å². The van der Waals surface area contributed by atoms with E-state index in [2.05, 4.69) is 5.32 Å². The van der Waals surface area contributed by atoms with Gasteiger partial charge in [0.05, 0.1) is 17.8 Å². The van der Waals surface area contributed by atoms with Gasteiger partial charge in [-0.25, -0.2) is 4.79 Å². The molecule has 1 aliphatic rings. The number of hydrogen-bond acceptors (Lipinski definition) is 4. The number of rotatable bonds is 1. The summed E-state index contributed by atoms with van der Waals surface area (Å²) in [6.45, 7) is 1.80. The molecule has 17 heavy (non-hydrogen) atoms. The highest BCUT2D eigenvalue weighted by molar-refractivity contribution is 8.04. The zero-order valence-electron chi connectivity index (χ0n) is 9.14. The van der Waals surface area contributed by atoms with Crippen molar-refractivity contribution < 1.29 is 9.53 Å². The summed E-state index contributed by atoms with van der Waals surface area (Å²) in [5.41, 5.74) is 1.49. The number of allylic oxidation sites excluding steroid dienone is 1. The van der Waals surface area contributed by atoms with Crippen LogP contribution >= 0.6 is 35.0 Å². The number of benzene rings is 1. The molecule has 0 saturated carbocycles. The maximum absolute atomic E-state index is 11.6. The van der Waals surface area contributed by atoms with Crippen LogP contribution in [0.3, 0.4) is 0 Å². The smallest absolute Gasteiger partial charge is 0.346 e. The Morgan fingerprint density at radius 2 is 2.12 bits per heavy atom. The molecule has 0 fully saturated rings. The fourth-order valence-electron chi connectivity index (χ4n) is 1.47. The van der Waals surface area contributed by atoms with E-state index in [-0.39, 0.29) is 5.97 Å². The lowest BCUT2D eigenvalue weighted by Gasteiger charge is -2.21. The molecule has 1 aromatic rings. The number of esters is 1. The summed E-state index contributed by atoms with van der Waals surface area (Å²) >= 11 is 13.3. The predicted octanol–water partition coefficient (Wildman–Crippen LogP) is 3.92. The molecule has 0 atom stereocenters. The summed E-state index contributed by atoms with van der Waals surface area (Å²) in [7, 11) is 1.35. The fourth-order valence-corrected chi connectivity index (χ4v) is 3.17. The minimum atomic E-state index is -0.373. The Hall–Kier alpha value is -0.840. The Morgan fingerprint density at radius 1 is 1.41 bits per heavy atom. The number of hydrogen-bond donors (Lipinski definition) is 1. The largest absolute Gasteiger partial charge is 0.465 e. The summed E-state index contributed by atoms with van der Waals surface area (Å²) in [6, 6.07) is 3.42. The SMILES string of the molecule is COC(=O)C1=C(C)Nc2c(Cl)cc(Cl)cc2S1. The van der Waals surface area contributed by atoms with Gasteiger partial charge in [0.1, 0.15) is 4.91 Å². The Balaban J connectivity index is 2.45. The van der Waals surface area contributed by atoms with Crippen LogP contribution in [0.5, 0.6) is 0 Å². The van der Waals surface area contributed by atoms with Gasteiger partial charge >= 0.3 is 5.97 Å². The van der Waals surface area contributed by atoms with Gasteiger partial charge < -0.3 is 10.1 Å². The number of thioether (sulfide) groups is 1. The van der Waals surface area contributed by atoms with Gasteiger partial charge in [-0.2, -0.15) is 0 Å². The van der Waals surface area contributed by atoms with E-state index in [4.69, 9.17) is 27.9 Å². The molecular weight excluding hydrogens is 281 g/mol. The van der Waals surface area contributed by atoms with E-state index < -0.39 is 0 Å². The lowest BCUT2D eigenvalue weighted by atomic mass is 10.3. The molecule has 0 unspecified atom stereocenters. The molecule has 3 nitrogen and oxygen atoms in total. The van der Waals surface area contributed by atoms with E-state index in [1.165, 1.54) is 18.9 Å². The zero-order chi connectivity index (χ0) is 12.6. The molecule has 1 aliphatic heterocycles. The topological polar surface area (TPSA) is 38.3 Å². The number of halogens is 2. The molecule has 1 N–H and O–H groups in total. The second-order valence-electron chi connectivity index (χ2n) is 3.43. The molecule has 1 aromatic carbocycles. The van der Waals surface area contributed by atoms with Crippen LogP contribution in [0.1, 0.15) is 6.92 Å². The Bertz CT molecular complexity index is 528. The van der Waals surface area contributed by atoms with Crippen LogP contribution in [0.4, 0.5) is 5.69 Å². The number of anilines is 1. The standard InChI is InChI=1S/C11H9Cl2NO2S/c1-5-10(11(15)16-2)17-8-4-6(12)3-7(13)9(8)14-5/h3-4,14H,1-2H3. The molecule has 0 radical (unpaired) electrons. The van der Waals surface area contributed by atoms with Crippen molar-refractivity contribution >= 4 is 46.6 Å². The van der Waals surface area contributed by atoms with Crippen molar-refractivity contribution in [3.8, 4) is 0 Å². The number of carbonyl (C=O) groups excluding carboxylic acids is 1. The van der Waals surface area contributed by atoms with Crippen molar-refractivity contribution in [1.29, 1.82) is 0 Å². The van der Waals surface area contributed by atoms with Crippen molar-refractivity contribution in [3.63, 3.8) is 0 Å². The third-order valence-electron chi connectivity index (χ3n) is 2.25. The summed E-state index contributed by atoms with van der Waals surface area (Å²) in [4.78, 5) is 12.9. The highest BCUT2D eigenvalue weighted by Gasteiger charge is 2.24. The third-order valence-corrected chi connectivity index (χ3v) is 3.99. The lowest BCUT2D eigenvalue weighted by molar-refractivity contribution is -0.135. The molecule has 2 rings (SSSR count). The summed E-state index contributed by atoms with van der Waals surface area (Å²) in [5.74, 6) is -0.373. The normalized spacial score (nSPS) is 14.1. The molecule has 0 aromatic heterocycles. The van der Waals surface area contributed by atoms with Crippen molar-refractivity contribution in [2.75, 3.05) is 12.4 Å². The first-order chi connectivity index (χ1) is 8.02. The molecule has 0 spiro atoms. The average molecular weight is 290 g/mol. The first-order valence-corrected chi connectivity index (χ1v) is 6.33. The Morgan fingerprint density at radius 3 is 2.76 bits per heavy atom. The number of fused-ring (bicyclic) bond motifs is 1. The van der Waals surface area contributed by atoms with Crippen LogP contribution in [-0.2, 0) is 9.53 Å². The van der Waals surface area contributed by atoms with Crippen LogP contribution in [0.2, 0.25) is 10.0 Å². The summed E-state index contributed by atoms with van der Waals surface area (Å²) in [6.07, 6.45) is 0. The Kier molecular flexibility index (Phi) is 3.56. The van der Waals surface area contributed by atoms with Crippen molar-refractivity contribution in [2.24, 2.45) is 0 Å². The van der Waals surface area contributed by atoms with Gasteiger partial charge in [0.2, 0.25) is 0 Å². The molecule has 0 amide bonds. The zero-order valence-corrected chi connectivity index (χ0v) is 11.5. The van der Waals surface area contributed by atoms with E-state index in [9.17, 15) is 4.79 Å². The average Bonchev–Trinajstić information content (AvgIpc) is 2.28. The van der Waals surface area contributed by atoms with E-state index in [1.807, 2.05) is 0 Å². The van der Waals surface area contributed by atoms with E-state index in [0.29, 0.717) is 15.0 Å². The quantitative estimate of drug-likeness (QED) is 0.796. The summed E-state index contributed by atoms with van der Waals surface area (Å²) in [5, 5.41) is 4.15. The second kappa shape index (κ2) is 4.80. The summed E-state index contributed by atoms with van der Waals surface area (Å²) < 4.78 is 4.71. The third kappa shape index (κ3) is 2.39. The molecule has 6 heteroatoms. The van der Waals surface area contributed by atoms with Crippen molar-refractivity contribution in [2.45, 2.75) is 11.8 Å². The van der Waals surface area contributed by atoms with Gasteiger partial charge in [-0.15, -0.1) is 0 Å². The first-order valence-electron chi connectivity index (χ1n) is 4.76. The number of methoxy groups -OCH3 is 1. The van der Waals surface area contributed by atoms with Gasteiger partial charge in [-0.3, -0.25) is 0 Å². The lowest BCUT2D eigenvalue weighted by Crippen LogP contribution is -2.13. The van der Waals surface area contributed by atoms with Crippen LogP contribution in [0.15, 0.2) is 27.6 Å². The van der Waals surface area contributed by atoms with Gasteiger partial charge in [0.15, 0.2) is 0 Å². The van der Waals surface area contributed by atoms with Crippen LogP contribution < -0.4 is 5.32 Å². The van der Waals surface area contributed by atoms with Crippen LogP contribution in [0.25, 0.3) is 0 Å².